The van der Waals surface area contributed by atoms with E-state index in [1.165, 1.54) is 12.1 Å². The monoisotopic (exact) mass is 281 g/mol. The maximum atomic E-state index is 14.2. The molecule has 1 aliphatic heterocycles. The molecule has 100 valence electrons. The number of halogens is 2. The van der Waals surface area contributed by atoms with Crippen molar-refractivity contribution < 1.29 is 9.13 Å². The van der Waals surface area contributed by atoms with Crippen molar-refractivity contribution in [3.8, 4) is 0 Å². The molecule has 19 heavy (non-hydrogen) atoms. The van der Waals surface area contributed by atoms with Crippen molar-refractivity contribution in [2.75, 3.05) is 36.9 Å². The Morgan fingerprint density at radius 3 is 2.74 bits per heavy atom. The predicted molar refractivity (Wildman–Crippen MR) is 74.2 cm³/mol. The molecule has 6 heteroatoms. The van der Waals surface area contributed by atoms with E-state index in [1.54, 1.807) is 0 Å². The van der Waals surface area contributed by atoms with Gasteiger partial charge in [0.1, 0.15) is 11.6 Å². The summed E-state index contributed by atoms with van der Waals surface area (Å²) in [5.74, 6) is -0.0903. The second kappa shape index (κ2) is 4.83. The minimum atomic E-state index is -0.378. The summed E-state index contributed by atoms with van der Waals surface area (Å²) in [6.07, 6.45) is 0. The summed E-state index contributed by atoms with van der Waals surface area (Å²) >= 11 is 6.01. The van der Waals surface area contributed by atoms with Crippen molar-refractivity contribution in [3.05, 3.63) is 29.0 Å². The van der Waals surface area contributed by atoms with E-state index in [-0.39, 0.29) is 16.7 Å². The van der Waals surface area contributed by atoms with Crippen LogP contribution in [0, 0.1) is 5.82 Å². The molecule has 0 radical (unpaired) electrons. The van der Waals surface area contributed by atoms with Crippen molar-refractivity contribution in [2.24, 2.45) is 0 Å². The molecule has 0 unspecified atom stereocenters. The Kier molecular flexibility index (Phi) is 3.16. The van der Waals surface area contributed by atoms with Crippen LogP contribution in [0.2, 0.25) is 5.02 Å². The Hall–Kier alpha value is -1.59. The number of pyridine rings is 1. The van der Waals surface area contributed by atoms with Gasteiger partial charge in [-0.05, 0) is 18.2 Å². The average Bonchev–Trinajstić information content (AvgIpc) is 2.38. The highest BCUT2D eigenvalue weighted by Gasteiger charge is 2.16. The van der Waals surface area contributed by atoms with Crippen LogP contribution >= 0.6 is 11.6 Å². The molecule has 1 aromatic heterocycles. The van der Waals surface area contributed by atoms with E-state index in [9.17, 15) is 4.39 Å². The van der Waals surface area contributed by atoms with Gasteiger partial charge in [-0.25, -0.2) is 9.37 Å². The number of benzene rings is 1. The quantitative estimate of drug-likeness (QED) is 0.872. The van der Waals surface area contributed by atoms with Gasteiger partial charge < -0.3 is 15.4 Å². The summed E-state index contributed by atoms with van der Waals surface area (Å²) < 4.78 is 19.5. The van der Waals surface area contributed by atoms with Crippen molar-refractivity contribution in [2.45, 2.75) is 0 Å². The first-order valence-electron chi connectivity index (χ1n) is 6.03. The van der Waals surface area contributed by atoms with Crippen LogP contribution in [0.5, 0.6) is 0 Å². The van der Waals surface area contributed by atoms with E-state index >= 15 is 0 Å². The van der Waals surface area contributed by atoms with Crippen LogP contribution in [0.3, 0.4) is 0 Å². The zero-order chi connectivity index (χ0) is 13.4. The summed E-state index contributed by atoms with van der Waals surface area (Å²) in [7, 11) is 0. The van der Waals surface area contributed by atoms with Crippen LogP contribution in [0.15, 0.2) is 18.2 Å². The van der Waals surface area contributed by atoms with Gasteiger partial charge >= 0.3 is 0 Å². The van der Waals surface area contributed by atoms with Gasteiger partial charge in [0.25, 0.3) is 0 Å². The van der Waals surface area contributed by atoms with Gasteiger partial charge in [0, 0.05) is 18.8 Å². The molecule has 0 saturated carbocycles. The molecule has 4 nitrogen and oxygen atoms in total. The van der Waals surface area contributed by atoms with Crippen LogP contribution in [0.25, 0.3) is 10.9 Å². The zero-order valence-electron chi connectivity index (χ0n) is 10.2. The van der Waals surface area contributed by atoms with E-state index in [2.05, 4.69) is 9.88 Å². The average molecular weight is 282 g/mol. The van der Waals surface area contributed by atoms with Gasteiger partial charge in [-0.1, -0.05) is 11.6 Å². The number of rotatable bonds is 1. The third kappa shape index (κ3) is 2.31. The van der Waals surface area contributed by atoms with Crippen LogP contribution in [0.4, 0.5) is 15.9 Å². The number of ether oxygens (including phenoxy) is 1. The first-order chi connectivity index (χ1) is 9.15. The van der Waals surface area contributed by atoms with Gasteiger partial charge in [-0.15, -0.1) is 0 Å². The normalized spacial score (nSPS) is 16.0. The van der Waals surface area contributed by atoms with Crippen LogP contribution in [0.1, 0.15) is 0 Å². The van der Waals surface area contributed by atoms with E-state index in [1.807, 2.05) is 6.07 Å². The second-order valence-electron chi connectivity index (χ2n) is 4.45. The summed E-state index contributed by atoms with van der Waals surface area (Å²) in [4.78, 5) is 6.21. The largest absolute Gasteiger partial charge is 0.384 e. The van der Waals surface area contributed by atoms with Gasteiger partial charge in [-0.2, -0.15) is 0 Å². The smallest absolute Gasteiger partial charge is 0.136 e. The van der Waals surface area contributed by atoms with E-state index in [0.29, 0.717) is 24.1 Å². The van der Waals surface area contributed by atoms with Crippen LogP contribution < -0.4 is 10.6 Å². The van der Waals surface area contributed by atoms with Crippen molar-refractivity contribution in [1.82, 2.24) is 4.98 Å². The third-order valence-corrected chi connectivity index (χ3v) is 3.49. The number of hydrogen-bond acceptors (Lipinski definition) is 4. The molecule has 3 rings (SSSR count). The highest BCUT2D eigenvalue weighted by Crippen LogP contribution is 2.31. The number of nitrogens with two attached hydrogens (primary N) is 1. The predicted octanol–water partition coefficient (Wildman–Crippen LogP) is 2.45. The fraction of sp³-hybridized carbons (Fsp3) is 0.308. The van der Waals surface area contributed by atoms with Crippen molar-refractivity contribution in [3.63, 3.8) is 0 Å². The van der Waals surface area contributed by atoms with E-state index < -0.39 is 0 Å². The number of aromatic nitrogens is 1. The Balaban J connectivity index is 2.12. The summed E-state index contributed by atoms with van der Waals surface area (Å²) in [5.41, 5.74) is 6.91. The van der Waals surface area contributed by atoms with Gasteiger partial charge in [0.05, 0.1) is 29.1 Å². The van der Waals surface area contributed by atoms with Crippen molar-refractivity contribution in [1.29, 1.82) is 0 Å². The molecule has 2 N–H and O–H groups in total. The minimum Gasteiger partial charge on any atom is -0.384 e. The Bertz CT molecular complexity index is 629. The second-order valence-corrected chi connectivity index (χ2v) is 4.86. The number of fused-ring (bicyclic) bond motifs is 1. The highest BCUT2D eigenvalue weighted by molar-refractivity contribution is 6.35. The molecular weight excluding hydrogens is 269 g/mol. The Labute approximate surface area is 114 Å². The number of anilines is 2. The van der Waals surface area contributed by atoms with E-state index in [0.717, 1.165) is 18.8 Å². The van der Waals surface area contributed by atoms with Gasteiger partial charge in [0.15, 0.2) is 0 Å². The number of hydrogen-bond donors (Lipinski definition) is 1. The topological polar surface area (TPSA) is 51.4 Å². The summed E-state index contributed by atoms with van der Waals surface area (Å²) in [6, 6.07) is 4.75. The lowest BCUT2D eigenvalue weighted by Crippen LogP contribution is -2.36. The number of nitrogen functional groups attached to an aromatic ring is 1. The summed E-state index contributed by atoms with van der Waals surface area (Å²) in [6.45, 7) is 2.76. The first kappa shape index (κ1) is 12.4. The molecule has 1 fully saturated rings. The molecule has 1 aliphatic rings. The first-order valence-corrected chi connectivity index (χ1v) is 6.41. The molecule has 0 atom stereocenters. The molecule has 0 amide bonds. The molecule has 2 aromatic rings. The molecule has 0 bridgehead atoms. The molecule has 2 heterocycles. The Morgan fingerprint density at radius 1 is 1.26 bits per heavy atom. The maximum Gasteiger partial charge on any atom is 0.136 e. The lowest BCUT2D eigenvalue weighted by Gasteiger charge is -2.29. The van der Waals surface area contributed by atoms with Gasteiger partial charge in [-0.3, -0.25) is 0 Å². The minimum absolute atomic E-state index is 0.286. The molecule has 1 saturated heterocycles. The van der Waals surface area contributed by atoms with Gasteiger partial charge in [0.2, 0.25) is 0 Å². The fourth-order valence-electron chi connectivity index (χ4n) is 2.28. The lowest BCUT2D eigenvalue weighted by molar-refractivity contribution is 0.122. The molecule has 0 spiro atoms. The van der Waals surface area contributed by atoms with Crippen LogP contribution in [-0.2, 0) is 4.74 Å². The highest BCUT2D eigenvalue weighted by atomic mass is 35.5. The maximum absolute atomic E-state index is 14.2. The molecular formula is C13H13ClFN3O. The third-order valence-electron chi connectivity index (χ3n) is 3.19. The van der Waals surface area contributed by atoms with Crippen molar-refractivity contribution >= 4 is 34.0 Å². The fourth-order valence-corrected chi connectivity index (χ4v) is 2.58. The number of nitrogens with zero attached hydrogens (tertiary/aromatic N) is 2. The Morgan fingerprint density at radius 2 is 2.00 bits per heavy atom. The van der Waals surface area contributed by atoms with E-state index in [4.69, 9.17) is 22.1 Å². The summed E-state index contributed by atoms with van der Waals surface area (Å²) in [5, 5.41) is 0.599. The SMILES string of the molecule is Nc1cc(Cl)c2c(F)cc(N3CCOCC3)cc2n1. The lowest BCUT2D eigenvalue weighted by atomic mass is 10.1. The molecule has 1 aromatic carbocycles. The zero-order valence-corrected chi connectivity index (χ0v) is 11.0. The number of morpholine rings is 1. The standard InChI is InChI=1S/C13H13ClFN3O/c14-9-7-12(16)17-11-6-8(5-10(15)13(9)11)18-1-3-19-4-2-18/h5-7H,1-4H2,(H2,16,17). The molecule has 0 aliphatic carbocycles. The van der Waals surface area contributed by atoms with Crippen LogP contribution in [-0.4, -0.2) is 31.3 Å².